The zero-order valence-electron chi connectivity index (χ0n) is 19.9. The molecule has 0 bridgehead atoms. The van der Waals surface area contributed by atoms with Gasteiger partial charge in [0.15, 0.2) is 16.9 Å². The van der Waals surface area contributed by atoms with E-state index in [1.807, 2.05) is 38.1 Å². The molecular formula is C28H24O8. The molecule has 0 saturated carbocycles. The Morgan fingerprint density at radius 1 is 1.00 bits per heavy atom. The topological polar surface area (TPSA) is 115 Å². The van der Waals surface area contributed by atoms with Gasteiger partial charge in [0, 0.05) is 29.2 Å². The van der Waals surface area contributed by atoms with Crippen LogP contribution in [0.5, 0.6) is 28.7 Å². The van der Waals surface area contributed by atoms with E-state index in [2.05, 4.69) is 0 Å². The number of hydrogen-bond acceptors (Lipinski definition) is 8. The number of rotatable bonds is 5. The monoisotopic (exact) mass is 488 g/mol. The van der Waals surface area contributed by atoms with Crippen LogP contribution >= 0.6 is 0 Å². The molecule has 0 amide bonds. The maximum absolute atomic E-state index is 13.1. The molecular weight excluding hydrogens is 464 g/mol. The largest absolute Gasteiger partial charge is 0.507 e. The highest BCUT2D eigenvalue weighted by Crippen LogP contribution is 2.46. The lowest BCUT2D eigenvalue weighted by atomic mass is 9.85. The molecule has 0 aliphatic carbocycles. The van der Waals surface area contributed by atoms with Gasteiger partial charge >= 0.3 is 5.97 Å². The van der Waals surface area contributed by atoms with Crippen molar-refractivity contribution in [1.82, 2.24) is 0 Å². The van der Waals surface area contributed by atoms with Crippen LogP contribution < -0.4 is 19.6 Å². The van der Waals surface area contributed by atoms with Crippen LogP contribution in [0.1, 0.15) is 37.3 Å². The normalized spacial score (nSPS) is 15.0. The second-order valence-corrected chi connectivity index (χ2v) is 8.84. The number of phenolic OH excluding ortho intramolecular Hbond substituents is 2. The van der Waals surface area contributed by atoms with Gasteiger partial charge < -0.3 is 28.8 Å². The van der Waals surface area contributed by atoms with Crippen molar-refractivity contribution in [2.24, 2.45) is 0 Å². The van der Waals surface area contributed by atoms with Crippen LogP contribution in [0.4, 0.5) is 0 Å². The molecule has 4 aromatic rings. The molecule has 8 nitrogen and oxygen atoms in total. The van der Waals surface area contributed by atoms with Crippen LogP contribution in [-0.4, -0.2) is 29.4 Å². The summed E-state index contributed by atoms with van der Waals surface area (Å²) in [6.07, 6.45) is -0.0296. The quantitative estimate of drug-likeness (QED) is 0.294. The number of ether oxygens (including phenoxy) is 3. The molecule has 36 heavy (non-hydrogen) atoms. The minimum absolute atomic E-state index is 0.00920. The van der Waals surface area contributed by atoms with Gasteiger partial charge in [-0.2, -0.15) is 0 Å². The number of carbonyl (C=O) groups excluding carboxylic acids is 1. The third-order valence-corrected chi connectivity index (χ3v) is 6.02. The predicted octanol–water partition coefficient (Wildman–Crippen LogP) is 5.11. The smallest absolute Gasteiger partial charge is 0.312 e. The lowest BCUT2D eigenvalue weighted by molar-refractivity contribution is -0.135. The molecule has 5 rings (SSSR count). The van der Waals surface area contributed by atoms with Crippen LogP contribution in [0.25, 0.3) is 22.3 Å². The molecule has 1 unspecified atom stereocenters. The summed E-state index contributed by atoms with van der Waals surface area (Å²) in [4.78, 5) is 25.6. The van der Waals surface area contributed by atoms with Gasteiger partial charge in [0.1, 0.15) is 34.0 Å². The molecule has 1 aliphatic heterocycles. The molecule has 3 aromatic carbocycles. The van der Waals surface area contributed by atoms with E-state index < -0.39 is 17.3 Å². The fourth-order valence-corrected chi connectivity index (χ4v) is 4.51. The van der Waals surface area contributed by atoms with Gasteiger partial charge in [-0.1, -0.05) is 12.1 Å². The minimum Gasteiger partial charge on any atom is -0.507 e. The fourth-order valence-electron chi connectivity index (χ4n) is 4.51. The lowest BCUT2D eigenvalue weighted by Crippen LogP contribution is -2.22. The van der Waals surface area contributed by atoms with Crippen LogP contribution in [0.2, 0.25) is 0 Å². The molecule has 1 aromatic heterocycles. The number of carbonyl (C=O) groups is 1. The van der Waals surface area contributed by atoms with Gasteiger partial charge in [0.05, 0.1) is 19.6 Å². The molecule has 8 heteroatoms. The molecule has 0 saturated heterocycles. The van der Waals surface area contributed by atoms with Crippen molar-refractivity contribution in [3.8, 4) is 40.1 Å². The Labute approximate surface area is 206 Å². The number of hydrogen-bond donors (Lipinski definition) is 2. The molecule has 2 N–H and O–H groups in total. The number of aromatic hydroxyl groups is 2. The fraction of sp³-hybridized carbons (Fsp3) is 0.214. The average Bonchev–Trinajstić information content (AvgIpc) is 2.82. The van der Waals surface area contributed by atoms with Crippen molar-refractivity contribution >= 4 is 16.9 Å². The molecule has 0 radical (unpaired) electrons. The van der Waals surface area contributed by atoms with E-state index in [4.69, 9.17) is 18.6 Å². The Kier molecular flexibility index (Phi) is 5.80. The van der Waals surface area contributed by atoms with Gasteiger partial charge in [-0.05, 0) is 49.7 Å². The second kappa shape index (κ2) is 8.96. The summed E-state index contributed by atoms with van der Waals surface area (Å²) >= 11 is 0. The summed E-state index contributed by atoms with van der Waals surface area (Å²) in [5.74, 6) is -0.256. The van der Waals surface area contributed by atoms with Crippen molar-refractivity contribution < 1.29 is 33.6 Å². The van der Waals surface area contributed by atoms with Crippen molar-refractivity contribution in [2.75, 3.05) is 7.11 Å². The highest BCUT2D eigenvalue weighted by atomic mass is 16.5. The van der Waals surface area contributed by atoms with Crippen molar-refractivity contribution in [3.63, 3.8) is 0 Å². The van der Waals surface area contributed by atoms with E-state index in [0.29, 0.717) is 16.9 Å². The minimum atomic E-state index is -0.511. The third kappa shape index (κ3) is 4.11. The Morgan fingerprint density at radius 3 is 2.53 bits per heavy atom. The predicted molar refractivity (Wildman–Crippen MR) is 132 cm³/mol. The maximum Gasteiger partial charge on any atom is 0.312 e. The van der Waals surface area contributed by atoms with Gasteiger partial charge in [-0.25, -0.2) is 0 Å². The van der Waals surface area contributed by atoms with Crippen LogP contribution in [0, 0.1) is 0 Å². The van der Waals surface area contributed by atoms with Gasteiger partial charge in [0.2, 0.25) is 0 Å². The first-order valence-electron chi connectivity index (χ1n) is 11.4. The zero-order chi connectivity index (χ0) is 25.6. The number of fused-ring (bicyclic) bond motifs is 3. The lowest BCUT2D eigenvalue weighted by Gasteiger charge is -2.26. The number of phenols is 2. The summed E-state index contributed by atoms with van der Waals surface area (Å²) in [5, 5.41) is 20.8. The van der Waals surface area contributed by atoms with Crippen LogP contribution in [-0.2, 0) is 4.79 Å². The van der Waals surface area contributed by atoms with E-state index >= 15 is 0 Å². The van der Waals surface area contributed by atoms with Gasteiger partial charge in [-0.3, -0.25) is 9.59 Å². The van der Waals surface area contributed by atoms with E-state index in [1.165, 1.54) is 25.3 Å². The van der Waals surface area contributed by atoms with Crippen LogP contribution in [0.3, 0.4) is 0 Å². The van der Waals surface area contributed by atoms with Crippen LogP contribution in [0.15, 0.2) is 63.8 Å². The van der Waals surface area contributed by atoms with E-state index in [1.54, 1.807) is 12.1 Å². The molecule has 1 aliphatic rings. The maximum atomic E-state index is 13.1. The molecule has 2 heterocycles. The highest BCUT2D eigenvalue weighted by Gasteiger charge is 2.34. The third-order valence-electron chi connectivity index (χ3n) is 6.02. The van der Waals surface area contributed by atoms with E-state index in [-0.39, 0.29) is 52.3 Å². The first kappa shape index (κ1) is 23.3. The molecule has 1 atom stereocenters. The number of esters is 1. The number of methoxy groups -OCH3 is 1. The second-order valence-electron chi connectivity index (χ2n) is 8.84. The van der Waals surface area contributed by atoms with Crippen molar-refractivity contribution in [2.45, 2.75) is 32.3 Å². The summed E-state index contributed by atoms with van der Waals surface area (Å²) in [7, 11) is 1.43. The Hall–Kier alpha value is -4.46. The van der Waals surface area contributed by atoms with E-state index in [0.717, 1.165) is 5.56 Å². The Morgan fingerprint density at radius 2 is 1.81 bits per heavy atom. The first-order valence-corrected chi connectivity index (χ1v) is 11.4. The first-order chi connectivity index (χ1) is 17.2. The highest BCUT2D eigenvalue weighted by molar-refractivity contribution is 5.93. The summed E-state index contributed by atoms with van der Waals surface area (Å²) in [6.45, 7) is 3.84. The summed E-state index contributed by atoms with van der Waals surface area (Å²) in [5.41, 5.74) is 1.31. The van der Waals surface area contributed by atoms with Gasteiger partial charge in [0.25, 0.3) is 0 Å². The standard InChI is InChI=1S/C28H24O8/c1-14(2)34-17-6-4-5-15(9-17)18-11-25(32)35-24-13-21(31)27-20(30)12-23(36-28(27)26(18)24)16-7-8-22(33-3)19(29)10-16/h4-10,12-14,18,29,31H,11H2,1-3H3. The van der Waals surface area contributed by atoms with Gasteiger partial charge in [-0.15, -0.1) is 0 Å². The average molecular weight is 488 g/mol. The van der Waals surface area contributed by atoms with Crippen molar-refractivity contribution in [3.05, 3.63) is 75.9 Å². The SMILES string of the molecule is COc1ccc(-c2cc(=O)c3c(O)cc4c(c3o2)C(c2cccc(OC(C)C)c2)CC(=O)O4)cc1O. The Balaban J connectivity index is 1.75. The molecule has 0 spiro atoms. The summed E-state index contributed by atoms with van der Waals surface area (Å²) < 4.78 is 22.6. The number of benzene rings is 3. The molecule has 0 fully saturated rings. The molecule has 184 valence electrons. The Bertz CT molecular complexity index is 1550. The van der Waals surface area contributed by atoms with E-state index in [9.17, 15) is 19.8 Å². The van der Waals surface area contributed by atoms with Crippen molar-refractivity contribution in [1.29, 1.82) is 0 Å². The summed E-state index contributed by atoms with van der Waals surface area (Å²) in [6, 6.07) is 14.5. The zero-order valence-corrected chi connectivity index (χ0v) is 19.9.